The molecule has 32 valence electrons. The molecule has 0 aliphatic rings. The zero-order valence-corrected chi connectivity index (χ0v) is 5.16. The van der Waals surface area contributed by atoms with E-state index in [4.69, 9.17) is 0 Å². The summed E-state index contributed by atoms with van der Waals surface area (Å²) in [4.78, 5) is 0. The Hall–Kier alpha value is 0.740. The molecule has 1 N–H and O–H groups in total. The van der Waals surface area contributed by atoms with Crippen LogP contribution in [0, 0.1) is 0 Å². The largest absolute Gasteiger partial charge is 0.248 e. The van der Waals surface area contributed by atoms with Crippen molar-refractivity contribution in [1.29, 1.82) is 0 Å². The van der Waals surface area contributed by atoms with Crippen molar-refractivity contribution in [3.63, 3.8) is 0 Å². The zero-order chi connectivity index (χ0) is 4.12. The van der Waals surface area contributed by atoms with Gasteiger partial charge in [0.25, 0.3) is 0 Å². The van der Waals surface area contributed by atoms with Gasteiger partial charge in [-0.25, -0.2) is 4.49 Å². The molecule has 0 heterocycles. The van der Waals surface area contributed by atoms with Crippen molar-refractivity contribution in [2.45, 2.75) is 6.92 Å². The van der Waals surface area contributed by atoms with Crippen molar-refractivity contribution in [3.05, 3.63) is 0 Å². The van der Waals surface area contributed by atoms with Crippen molar-refractivity contribution in [1.82, 2.24) is 4.49 Å². The highest BCUT2D eigenvalue weighted by molar-refractivity contribution is 7.99. The lowest BCUT2D eigenvalue weighted by molar-refractivity contribution is 1.50. The third kappa shape index (κ3) is 4.74. The minimum absolute atomic E-state index is 1.13. The fraction of sp³-hybridized carbons (Fsp3) is 1.00. The van der Waals surface area contributed by atoms with Gasteiger partial charge in [0.15, 0.2) is 0 Å². The number of rotatable bonds is 2. The highest BCUT2D eigenvalue weighted by Gasteiger charge is 1.64. The fourth-order valence-corrected chi connectivity index (χ4v) is 0.750. The van der Waals surface area contributed by atoms with E-state index in [0.29, 0.717) is 0 Å². The number of hydrogen-bond donors (Lipinski definition) is 1. The molecule has 0 saturated carbocycles. The summed E-state index contributed by atoms with van der Waals surface area (Å²) in [6.07, 6.45) is 0. The smallest absolute Gasteiger partial charge is 0.00528 e. The summed E-state index contributed by atoms with van der Waals surface area (Å²) in [6, 6.07) is 0. The van der Waals surface area contributed by atoms with Crippen LogP contribution in [0.15, 0.2) is 0 Å². The maximum Gasteiger partial charge on any atom is 0.00528 e. The second-order valence-electron chi connectivity index (χ2n) is 0.551. The standard InChI is InChI=1S/C2H8NPS/c1-2-5-3-4/h3H,2,4H2,1H3. The molecule has 0 aromatic carbocycles. The first-order chi connectivity index (χ1) is 2.41. The Balaban J connectivity index is 2.19. The topological polar surface area (TPSA) is 12.0 Å². The molecule has 3 heteroatoms. The van der Waals surface area contributed by atoms with Crippen molar-refractivity contribution < 1.29 is 0 Å². The van der Waals surface area contributed by atoms with Crippen LogP contribution in [0.1, 0.15) is 6.92 Å². The maximum atomic E-state index is 2.85. The third-order valence-corrected chi connectivity index (χ3v) is 1.18. The van der Waals surface area contributed by atoms with Gasteiger partial charge in [-0.3, -0.25) is 0 Å². The molecule has 1 nitrogen and oxygen atoms in total. The van der Waals surface area contributed by atoms with Crippen LogP contribution in [0.2, 0.25) is 0 Å². The van der Waals surface area contributed by atoms with E-state index in [9.17, 15) is 0 Å². The molecule has 1 atom stereocenters. The molecule has 0 radical (unpaired) electrons. The predicted octanol–water partition coefficient (Wildman–Crippen LogP) is 1.03. The Morgan fingerprint density at radius 3 is 2.60 bits per heavy atom. The first-order valence-electron chi connectivity index (χ1n) is 1.49. The van der Waals surface area contributed by atoms with Crippen LogP contribution in [-0.4, -0.2) is 5.75 Å². The molecule has 0 aliphatic carbocycles. The van der Waals surface area contributed by atoms with Crippen LogP contribution in [-0.2, 0) is 0 Å². The van der Waals surface area contributed by atoms with Crippen LogP contribution < -0.4 is 4.49 Å². The molecule has 0 spiro atoms. The average Bonchev–Trinajstić information content (AvgIpc) is 1.41. The molecule has 0 aromatic rings. The van der Waals surface area contributed by atoms with Crippen LogP contribution in [0.5, 0.6) is 0 Å². The third-order valence-electron chi connectivity index (χ3n) is 0.228. The van der Waals surface area contributed by atoms with Gasteiger partial charge in [-0.2, -0.15) is 0 Å². The molecule has 0 saturated heterocycles. The van der Waals surface area contributed by atoms with Crippen LogP contribution >= 0.6 is 21.3 Å². The van der Waals surface area contributed by atoms with E-state index in [1.165, 1.54) is 0 Å². The molecule has 0 fully saturated rings. The van der Waals surface area contributed by atoms with E-state index in [-0.39, 0.29) is 0 Å². The summed E-state index contributed by atoms with van der Waals surface area (Å²) in [6.45, 7) is 2.10. The fourth-order valence-electron chi connectivity index (χ4n) is 0.0833. The van der Waals surface area contributed by atoms with Gasteiger partial charge in [-0.1, -0.05) is 28.3 Å². The van der Waals surface area contributed by atoms with Crippen molar-refractivity contribution in [2.24, 2.45) is 0 Å². The van der Waals surface area contributed by atoms with Gasteiger partial charge in [0.1, 0.15) is 0 Å². The minimum Gasteiger partial charge on any atom is -0.248 e. The monoisotopic (exact) mass is 109 g/mol. The van der Waals surface area contributed by atoms with Gasteiger partial charge in [0.05, 0.1) is 0 Å². The first kappa shape index (κ1) is 5.74. The summed E-state index contributed by atoms with van der Waals surface area (Å²) >= 11 is 1.68. The van der Waals surface area contributed by atoms with E-state index in [0.717, 1.165) is 5.75 Å². The molecular formula is C2H8NPS. The van der Waals surface area contributed by atoms with E-state index in [1.807, 2.05) is 0 Å². The van der Waals surface area contributed by atoms with E-state index < -0.39 is 0 Å². The molecule has 0 amide bonds. The highest BCUT2D eigenvalue weighted by Crippen LogP contribution is 1.91. The Bertz CT molecular complexity index is 17.1. The van der Waals surface area contributed by atoms with E-state index in [2.05, 4.69) is 20.8 Å². The second kappa shape index (κ2) is 4.74. The number of hydrogen-bond acceptors (Lipinski definition) is 2. The molecule has 5 heavy (non-hydrogen) atoms. The molecule has 0 bridgehead atoms. The van der Waals surface area contributed by atoms with Gasteiger partial charge in [-0.05, 0) is 0 Å². The van der Waals surface area contributed by atoms with E-state index >= 15 is 0 Å². The van der Waals surface area contributed by atoms with Crippen molar-refractivity contribution in [2.75, 3.05) is 5.75 Å². The van der Waals surface area contributed by atoms with Gasteiger partial charge < -0.3 is 0 Å². The van der Waals surface area contributed by atoms with Gasteiger partial charge >= 0.3 is 0 Å². The Kier molecular flexibility index (Phi) is 5.44. The van der Waals surface area contributed by atoms with E-state index in [1.54, 1.807) is 11.9 Å². The molecule has 0 aliphatic heterocycles. The summed E-state index contributed by atoms with van der Waals surface area (Å²) in [5, 5.41) is 0. The second-order valence-corrected chi connectivity index (χ2v) is 2.36. The predicted molar refractivity (Wildman–Crippen MR) is 31.0 cm³/mol. The summed E-state index contributed by atoms with van der Waals surface area (Å²) in [5.74, 6) is 1.13. The SMILES string of the molecule is CCSNP. The van der Waals surface area contributed by atoms with Crippen LogP contribution in [0.25, 0.3) is 0 Å². The van der Waals surface area contributed by atoms with Crippen LogP contribution in [0.3, 0.4) is 0 Å². The summed E-state index contributed by atoms with van der Waals surface area (Å²) in [5.41, 5.74) is 0. The zero-order valence-electron chi connectivity index (χ0n) is 3.19. The molecule has 0 rings (SSSR count). The first-order valence-corrected chi connectivity index (χ1v) is 3.05. The van der Waals surface area contributed by atoms with Crippen molar-refractivity contribution >= 4 is 21.3 Å². The minimum atomic E-state index is 1.13. The average molecular weight is 109 g/mol. The Morgan fingerprint density at radius 1 is 2.00 bits per heavy atom. The molecule has 1 unspecified atom stereocenters. The lowest BCUT2D eigenvalue weighted by Crippen LogP contribution is -1.77. The maximum absolute atomic E-state index is 2.85. The molecular weight excluding hydrogens is 101 g/mol. The van der Waals surface area contributed by atoms with Gasteiger partial charge in [0.2, 0.25) is 0 Å². The summed E-state index contributed by atoms with van der Waals surface area (Å²) in [7, 11) is 2.41. The molecule has 0 aromatic heterocycles. The lowest BCUT2D eigenvalue weighted by atomic mass is 11.0. The quantitative estimate of drug-likeness (QED) is 0.420. The lowest BCUT2D eigenvalue weighted by Gasteiger charge is -1.84. The van der Waals surface area contributed by atoms with Crippen molar-refractivity contribution in [3.8, 4) is 0 Å². The normalized spacial score (nSPS) is 8.40. The highest BCUT2D eigenvalue weighted by atomic mass is 32.2. The van der Waals surface area contributed by atoms with Gasteiger partial charge in [-0.15, -0.1) is 0 Å². The van der Waals surface area contributed by atoms with Crippen LogP contribution in [0.4, 0.5) is 0 Å². The Morgan fingerprint density at radius 2 is 2.60 bits per heavy atom. The summed E-state index contributed by atoms with van der Waals surface area (Å²) < 4.78 is 2.85. The Labute approximate surface area is 39.3 Å². The number of nitrogens with one attached hydrogen (secondary N) is 1. The van der Waals surface area contributed by atoms with Gasteiger partial charge in [0, 0.05) is 5.75 Å².